The zero-order valence-electron chi connectivity index (χ0n) is 13.5. The summed E-state index contributed by atoms with van der Waals surface area (Å²) in [5, 5.41) is 2.90. The number of pyridine rings is 1. The first kappa shape index (κ1) is 17.2. The van der Waals surface area contributed by atoms with Crippen molar-refractivity contribution >= 4 is 21.8 Å². The van der Waals surface area contributed by atoms with Gasteiger partial charge < -0.3 is 10.1 Å². The van der Waals surface area contributed by atoms with Gasteiger partial charge in [-0.2, -0.15) is 0 Å². The van der Waals surface area contributed by atoms with Crippen LogP contribution in [-0.4, -0.2) is 10.9 Å². The molecular formula is C20H17BrN2O2. The third-order valence-electron chi connectivity index (χ3n) is 3.60. The normalized spacial score (nSPS) is 10.3. The SMILES string of the molecule is O=C(NCc1ccnc(OCc2ccccc2)c1)c1ccccc1Br. The van der Waals surface area contributed by atoms with Crippen LogP contribution in [0.3, 0.4) is 0 Å². The maximum Gasteiger partial charge on any atom is 0.252 e. The van der Waals surface area contributed by atoms with Crippen molar-refractivity contribution in [2.24, 2.45) is 0 Å². The summed E-state index contributed by atoms with van der Waals surface area (Å²) in [6.07, 6.45) is 1.68. The molecule has 2 aromatic carbocycles. The number of nitrogens with zero attached hydrogens (tertiary/aromatic N) is 1. The number of hydrogen-bond donors (Lipinski definition) is 1. The molecule has 1 heterocycles. The van der Waals surface area contributed by atoms with E-state index in [1.165, 1.54) is 0 Å². The Morgan fingerprint density at radius 2 is 1.76 bits per heavy atom. The molecule has 0 saturated heterocycles. The average molecular weight is 397 g/mol. The lowest BCUT2D eigenvalue weighted by molar-refractivity contribution is 0.0950. The lowest BCUT2D eigenvalue weighted by Crippen LogP contribution is -2.23. The minimum atomic E-state index is -0.129. The standard InChI is InChI=1S/C20H17BrN2O2/c21-18-9-5-4-8-17(18)20(24)23-13-16-10-11-22-19(12-16)25-14-15-6-2-1-3-7-15/h1-12H,13-14H2,(H,23,24). The van der Waals surface area contributed by atoms with E-state index in [4.69, 9.17) is 4.74 Å². The van der Waals surface area contributed by atoms with Gasteiger partial charge in [-0.25, -0.2) is 4.98 Å². The summed E-state index contributed by atoms with van der Waals surface area (Å²) < 4.78 is 6.48. The van der Waals surface area contributed by atoms with Crippen molar-refractivity contribution in [2.75, 3.05) is 0 Å². The Hall–Kier alpha value is -2.66. The zero-order valence-corrected chi connectivity index (χ0v) is 15.1. The molecule has 0 saturated carbocycles. The van der Waals surface area contributed by atoms with Crippen LogP contribution < -0.4 is 10.1 Å². The van der Waals surface area contributed by atoms with E-state index in [2.05, 4.69) is 26.2 Å². The number of benzene rings is 2. The van der Waals surface area contributed by atoms with Crippen LogP contribution in [0.4, 0.5) is 0 Å². The van der Waals surface area contributed by atoms with E-state index in [1.54, 1.807) is 12.3 Å². The van der Waals surface area contributed by atoms with Gasteiger partial charge in [0.05, 0.1) is 5.56 Å². The first-order valence-electron chi connectivity index (χ1n) is 7.87. The van der Waals surface area contributed by atoms with Crippen molar-refractivity contribution in [1.82, 2.24) is 10.3 Å². The molecule has 1 aromatic heterocycles. The fourth-order valence-corrected chi connectivity index (χ4v) is 2.76. The molecule has 5 heteroatoms. The first-order chi connectivity index (χ1) is 12.2. The minimum Gasteiger partial charge on any atom is -0.473 e. The molecule has 1 amide bonds. The second kappa shape index (κ2) is 8.44. The number of rotatable bonds is 6. The molecule has 3 aromatic rings. The molecule has 1 N–H and O–H groups in total. The van der Waals surface area contributed by atoms with Crippen LogP contribution in [0.5, 0.6) is 5.88 Å². The molecule has 0 atom stereocenters. The fourth-order valence-electron chi connectivity index (χ4n) is 2.29. The number of aromatic nitrogens is 1. The lowest BCUT2D eigenvalue weighted by Gasteiger charge is -2.09. The van der Waals surface area contributed by atoms with Crippen molar-refractivity contribution in [3.63, 3.8) is 0 Å². The van der Waals surface area contributed by atoms with E-state index in [0.29, 0.717) is 24.6 Å². The number of halogens is 1. The van der Waals surface area contributed by atoms with Gasteiger partial charge in [-0.3, -0.25) is 4.79 Å². The Labute approximate surface area is 155 Å². The van der Waals surface area contributed by atoms with Crippen LogP contribution in [-0.2, 0) is 13.2 Å². The van der Waals surface area contributed by atoms with E-state index >= 15 is 0 Å². The molecule has 0 unspecified atom stereocenters. The summed E-state index contributed by atoms with van der Waals surface area (Å²) in [5.74, 6) is 0.410. The molecule has 0 bridgehead atoms. The molecule has 0 fully saturated rings. The molecule has 0 aliphatic heterocycles. The van der Waals surface area contributed by atoms with Gasteiger partial charge in [0.2, 0.25) is 5.88 Å². The number of carbonyl (C=O) groups excluding carboxylic acids is 1. The number of ether oxygens (including phenoxy) is 1. The molecular weight excluding hydrogens is 380 g/mol. The number of carbonyl (C=O) groups is 1. The Balaban J connectivity index is 1.58. The van der Waals surface area contributed by atoms with E-state index in [0.717, 1.165) is 15.6 Å². The number of nitrogens with one attached hydrogen (secondary N) is 1. The van der Waals surface area contributed by atoms with Gasteiger partial charge in [0.1, 0.15) is 6.61 Å². The molecule has 126 valence electrons. The Kier molecular flexibility index (Phi) is 5.80. The van der Waals surface area contributed by atoms with Gasteiger partial charge >= 0.3 is 0 Å². The molecule has 0 aliphatic rings. The molecule has 3 rings (SSSR count). The minimum absolute atomic E-state index is 0.129. The molecule has 0 spiro atoms. The van der Waals surface area contributed by atoms with Gasteiger partial charge in [0.25, 0.3) is 5.91 Å². The molecule has 25 heavy (non-hydrogen) atoms. The maximum atomic E-state index is 12.2. The largest absolute Gasteiger partial charge is 0.473 e. The van der Waals surface area contributed by atoms with Crippen LogP contribution in [0.1, 0.15) is 21.5 Å². The highest BCUT2D eigenvalue weighted by Gasteiger charge is 2.09. The van der Waals surface area contributed by atoms with Crippen LogP contribution in [0.2, 0.25) is 0 Å². The van der Waals surface area contributed by atoms with Crippen molar-refractivity contribution in [3.8, 4) is 5.88 Å². The maximum absolute atomic E-state index is 12.2. The van der Waals surface area contributed by atoms with E-state index in [1.807, 2.05) is 60.7 Å². The topological polar surface area (TPSA) is 51.2 Å². The van der Waals surface area contributed by atoms with E-state index < -0.39 is 0 Å². The third-order valence-corrected chi connectivity index (χ3v) is 4.29. The summed E-state index contributed by atoms with van der Waals surface area (Å²) in [5.41, 5.74) is 2.62. The van der Waals surface area contributed by atoms with Gasteiger partial charge in [0.15, 0.2) is 0 Å². The average Bonchev–Trinajstić information content (AvgIpc) is 2.66. The van der Waals surface area contributed by atoms with Crippen molar-refractivity contribution < 1.29 is 9.53 Å². The lowest BCUT2D eigenvalue weighted by atomic mass is 10.2. The molecule has 0 aliphatic carbocycles. The molecule has 0 radical (unpaired) electrons. The third kappa shape index (κ3) is 4.90. The van der Waals surface area contributed by atoms with Crippen LogP contribution in [0, 0.1) is 0 Å². The van der Waals surface area contributed by atoms with Crippen molar-refractivity contribution in [2.45, 2.75) is 13.2 Å². The second-order valence-electron chi connectivity index (χ2n) is 5.44. The summed E-state index contributed by atoms with van der Waals surface area (Å²) >= 11 is 3.39. The van der Waals surface area contributed by atoms with Crippen LogP contribution in [0.15, 0.2) is 77.4 Å². The highest BCUT2D eigenvalue weighted by molar-refractivity contribution is 9.10. The number of amides is 1. The number of hydrogen-bond acceptors (Lipinski definition) is 3. The van der Waals surface area contributed by atoms with E-state index in [-0.39, 0.29) is 5.91 Å². The van der Waals surface area contributed by atoms with Gasteiger partial charge in [0, 0.05) is 23.3 Å². The van der Waals surface area contributed by atoms with Crippen LogP contribution >= 0.6 is 15.9 Å². The summed E-state index contributed by atoms with van der Waals surface area (Å²) in [4.78, 5) is 16.5. The summed E-state index contributed by atoms with van der Waals surface area (Å²) in [6.45, 7) is 0.866. The zero-order chi connectivity index (χ0) is 17.5. The monoisotopic (exact) mass is 396 g/mol. The van der Waals surface area contributed by atoms with Gasteiger partial charge in [-0.1, -0.05) is 42.5 Å². The van der Waals surface area contributed by atoms with E-state index in [9.17, 15) is 4.79 Å². The van der Waals surface area contributed by atoms with Crippen molar-refractivity contribution in [1.29, 1.82) is 0 Å². The van der Waals surface area contributed by atoms with Crippen molar-refractivity contribution in [3.05, 3.63) is 94.1 Å². The highest BCUT2D eigenvalue weighted by Crippen LogP contribution is 2.16. The summed E-state index contributed by atoms with van der Waals surface area (Å²) in [7, 11) is 0. The summed E-state index contributed by atoms with van der Waals surface area (Å²) in [6, 6.07) is 20.9. The highest BCUT2D eigenvalue weighted by atomic mass is 79.9. The fraction of sp³-hybridized carbons (Fsp3) is 0.100. The Morgan fingerprint density at radius 1 is 1.00 bits per heavy atom. The smallest absolute Gasteiger partial charge is 0.252 e. The predicted molar refractivity (Wildman–Crippen MR) is 100 cm³/mol. The molecule has 4 nitrogen and oxygen atoms in total. The first-order valence-corrected chi connectivity index (χ1v) is 8.66. The van der Waals surface area contributed by atoms with Gasteiger partial charge in [-0.15, -0.1) is 0 Å². The van der Waals surface area contributed by atoms with Gasteiger partial charge in [-0.05, 0) is 45.3 Å². The quantitative estimate of drug-likeness (QED) is 0.673. The predicted octanol–water partition coefficient (Wildman–Crippen LogP) is 4.35. The Morgan fingerprint density at radius 3 is 2.56 bits per heavy atom. The second-order valence-corrected chi connectivity index (χ2v) is 6.29. The Bertz CT molecular complexity index is 853. The van der Waals surface area contributed by atoms with Crippen LogP contribution in [0.25, 0.3) is 0 Å².